The second-order valence-electron chi connectivity index (χ2n) is 4.97. The van der Waals surface area contributed by atoms with Gasteiger partial charge in [0.1, 0.15) is 35.2 Å². The summed E-state index contributed by atoms with van der Waals surface area (Å²) in [6.45, 7) is 0. The lowest BCUT2D eigenvalue weighted by Gasteiger charge is -2.09. The Bertz CT molecular complexity index is 899. The molecule has 0 spiro atoms. The van der Waals surface area contributed by atoms with Gasteiger partial charge in [-0.2, -0.15) is 0 Å². The van der Waals surface area contributed by atoms with E-state index in [1.807, 2.05) is 0 Å². The van der Waals surface area contributed by atoms with Crippen molar-refractivity contribution in [2.45, 2.75) is 0 Å². The average Bonchev–Trinajstić information content (AvgIpc) is 2.60. The molecule has 0 aliphatic rings. The number of halogens is 3. The van der Waals surface area contributed by atoms with Gasteiger partial charge in [0.2, 0.25) is 0 Å². The van der Waals surface area contributed by atoms with Crippen molar-refractivity contribution >= 4 is 34.7 Å². The van der Waals surface area contributed by atoms with Gasteiger partial charge in [-0.3, -0.25) is 4.79 Å². The number of benzene rings is 2. The highest BCUT2D eigenvalue weighted by Crippen LogP contribution is 2.22. The van der Waals surface area contributed by atoms with Gasteiger partial charge in [-0.1, -0.05) is 17.7 Å². The van der Waals surface area contributed by atoms with E-state index in [2.05, 4.69) is 20.6 Å². The van der Waals surface area contributed by atoms with Gasteiger partial charge >= 0.3 is 0 Å². The summed E-state index contributed by atoms with van der Waals surface area (Å²) in [6, 6.07) is 11.3. The highest BCUT2D eigenvalue weighted by atomic mass is 35.5. The third-order valence-corrected chi connectivity index (χ3v) is 3.47. The molecule has 1 amide bonds. The van der Waals surface area contributed by atoms with Gasteiger partial charge in [0.25, 0.3) is 5.91 Å². The predicted octanol–water partition coefficient (Wildman–Crippen LogP) is 4.40. The summed E-state index contributed by atoms with van der Waals surface area (Å²) in [6.07, 6.45) is 1.12. The minimum absolute atomic E-state index is 0.0317. The molecule has 0 radical (unpaired) electrons. The molecule has 0 aliphatic heterocycles. The molecule has 0 atom stereocenters. The summed E-state index contributed by atoms with van der Waals surface area (Å²) < 4.78 is 27.4. The van der Waals surface area contributed by atoms with Gasteiger partial charge in [0.05, 0.1) is 0 Å². The van der Waals surface area contributed by atoms with Crippen LogP contribution in [-0.4, -0.2) is 15.9 Å². The van der Waals surface area contributed by atoms with Crippen molar-refractivity contribution in [2.75, 3.05) is 10.6 Å². The number of carbonyl (C=O) groups excluding carboxylic acids is 1. The van der Waals surface area contributed by atoms with Gasteiger partial charge in [0, 0.05) is 16.8 Å². The zero-order chi connectivity index (χ0) is 17.8. The van der Waals surface area contributed by atoms with E-state index in [1.54, 1.807) is 24.3 Å². The number of carbonyl (C=O) groups is 1. The van der Waals surface area contributed by atoms with Crippen molar-refractivity contribution in [1.29, 1.82) is 0 Å². The van der Waals surface area contributed by atoms with Crippen molar-refractivity contribution < 1.29 is 13.6 Å². The van der Waals surface area contributed by atoms with E-state index in [0.29, 0.717) is 10.7 Å². The van der Waals surface area contributed by atoms with E-state index in [4.69, 9.17) is 11.6 Å². The Morgan fingerprint density at radius 2 is 1.68 bits per heavy atom. The number of aromatic nitrogens is 2. The minimum atomic E-state index is -0.772. The molecule has 0 unspecified atom stereocenters. The lowest BCUT2D eigenvalue weighted by Crippen LogP contribution is -2.14. The molecule has 0 saturated carbocycles. The molecule has 3 rings (SSSR count). The Kier molecular flexibility index (Phi) is 4.85. The third kappa shape index (κ3) is 4.07. The average molecular weight is 361 g/mol. The molecule has 5 nitrogen and oxygen atoms in total. The standard InChI is InChI=1S/C17H11ClF2N4O/c18-10-4-6-11(7-5-10)23-17(25)14-8-15(22-9-21-14)24-16-12(19)2-1-3-13(16)20/h1-9H,(H,23,25)(H,21,22,24). The maximum absolute atomic E-state index is 13.7. The highest BCUT2D eigenvalue weighted by molar-refractivity contribution is 6.30. The van der Waals surface area contributed by atoms with Crippen LogP contribution in [-0.2, 0) is 0 Å². The molecule has 25 heavy (non-hydrogen) atoms. The van der Waals surface area contributed by atoms with Crippen LogP contribution >= 0.6 is 11.6 Å². The van der Waals surface area contributed by atoms with E-state index >= 15 is 0 Å². The van der Waals surface area contributed by atoms with Crippen LogP contribution in [0.1, 0.15) is 10.5 Å². The molecule has 2 aromatic carbocycles. The topological polar surface area (TPSA) is 66.9 Å². The Balaban J connectivity index is 1.79. The van der Waals surface area contributed by atoms with Crippen LogP contribution in [0.15, 0.2) is 54.9 Å². The number of amides is 1. The summed E-state index contributed by atoms with van der Waals surface area (Å²) in [5.74, 6) is -1.96. The fourth-order valence-electron chi connectivity index (χ4n) is 2.02. The van der Waals surface area contributed by atoms with E-state index in [0.717, 1.165) is 18.5 Å². The summed E-state index contributed by atoms with van der Waals surface area (Å²) in [7, 11) is 0. The van der Waals surface area contributed by atoms with Crippen LogP contribution in [0.25, 0.3) is 0 Å². The number of hydrogen-bond donors (Lipinski definition) is 2. The van der Waals surface area contributed by atoms with E-state index in [-0.39, 0.29) is 17.2 Å². The van der Waals surface area contributed by atoms with Gasteiger partial charge in [0.15, 0.2) is 0 Å². The lowest BCUT2D eigenvalue weighted by atomic mass is 10.2. The van der Waals surface area contributed by atoms with Crippen molar-refractivity contribution in [3.05, 3.63) is 77.2 Å². The van der Waals surface area contributed by atoms with E-state index in [1.165, 1.54) is 12.1 Å². The predicted molar refractivity (Wildman–Crippen MR) is 91.1 cm³/mol. The Labute approximate surface area is 146 Å². The van der Waals surface area contributed by atoms with Crippen molar-refractivity contribution in [2.24, 2.45) is 0 Å². The maximum Gasteiger partial charge on any atom is 0.274 e. The molecule has 3 aromatic rings. The largest absolute Gasteiger partial charge is 0.335 e. The summed E-state index contributed by atoms with van der Waals surface area (Å²) in [5, 5.41) is 5.68. The van der Waals surface area contributed by atoms with E-state index < -0.39 is 17.5 Å². The molecule has 1 heterocycles. The number of nitrogens with zero attached hydrogens (tertiary/aromatic N) is 2. The molecule has 0 aliphatic carbocycles. The Hall–Kier alpha value is -3.06. The van der Waals surface area contributed by atoms with Crippen LogP contribution < -0.4 is 10.6 Å². The molecular weight excluding hydrogens is 350 g/mol. The first-order chi connectivity index (χ1) is 12.0. The molecular formula is C17H11ClF2N4O. The van der Waals surface area contributed by atoms with Gasteiger partial charge in [-0.25, -0.2) is 18.7 Å². The molecule has 0 saturated heterocycles. The van der Waals surface area contributed by atoms with Crippen LogP contribution in [0.3, 0.4) is 0 Å². The number of para-hydroxylation sites is 1. The highest BCUT2D eigenvalue weighted by Gasteiger charge is 2.12. The Morgan fingerprint density at radius 3 is 2.36 bits per heavy atom. The smallest absolute Gasteiger partial charge is 0.274 e. The molecule has 1 aromatic heterocycles. The van der Waals surface area contributed by atoms with Gasteiger partial charge in [-0.15, -0.1) is 0 Å². The molecule has 2 N–H and O–H groups in total. The maximum atomic E-state index is 13.7. The first-order valence-corrected chi connectivity index (χ1v) is 7.51. The molecule has 0 bridgehead atoms. The first-order valence-electron chi connectivity index (χ1n) is 7.13. The molecule has 8 heteroatoms. The summed E-state index contributed by atoms with van der Waals surface area (Å²) in [5.41, 5.74) is 0.206. The van der Waals surface area contributed by atoms with Crippen molar-refractivity contribution in [3.8, 4) is 0 Å². The van der Waals surface area contributed by atoms with Crippen LogP contribution in [0, 0.1) is 11.6 Å². The van der Waals surface area contributed by atoms with Crippen molar-refractivity contribution in [1.82, 2.24) is 9.97 Å². The second-order valence-corrected chi connectivity index (χ2v) is 5.41. The molecule has 126 valence electrons. The SMILES string of the molecule is O=C(Nc1ccc(Cl)cc1)c1cc(Nc2c(F)cccc2F)ncn1. The van der Waals surface area contributed by atoms with Gasteiger partial charge in [-0.05, 0) is 36.4 Å². The fourth-order valence-corrected chi connectivity index (χ4v) is 2.15. The fraction of sp³-hybridized carbons (Fsp3) is 0. The first kappa shape index (κ1) is 16.8. The number of hydrogen-bond acceptors (Lipinski definition) is 4. The van der Waals surface area contributed by atoms with Crippen LogP contribution in [0.2, 0.25) is 5.02 Å². The minimum Gasteiger partial charge on any atom is -0.335 e. The Morgan fingerprint density at radius 1 is 1.00 bits per heavy atom. The quantitative estimate of drug-likeness (QED) is 0.723. The number of anilines is 3. The second kappa shape index (κ2) is 7.23. The van der Waals surface area contributed by atoms with Crippen LogP contribution in [0.5, 0.6) is 0 Å². The van der Waals surface area contributed by atoms with Gasteiger partial charge < -0.3 is 10.6 Å². The molecule has 0 fully saturated rings. The zero-order valence-corrected chi connectivity index (χ0v) is 13.4. The van der Waals surface area contributed by atoms with Crippen molar-refractivity contribution in [3.63, 3.8) is 0 Å². The van der Waals surface area contributed by atoms with Crippen LogP contribution in [0.4, 0.5) is 26.0 Å². The lowest BCUT2D eigenvalue weighted by molar-refractivity contribution is 0.102. The number of rotatable bonds is 4. The monoisotopic (exact) mass is 360 g/mol. The summed E-state index contributed by atoms with van der Waals surface area (Å²) in [4.78, 5) is 20.0. The van der Waals surface area contributed by atoms with E-state index in [9.17, 15) is 13.6 Å². The zero-order valence-electron chi connectivity index (χ0n) is 12.6. The summed E-state index contributed by atoms with van der Waals surface area (Å²) >= 11 is 5.79. The third-order valence-electron chi connectivity index (χ3n) is 3.22. The normalized spacial score (nSPS) is 10.4. The number of nitrogens with one attached hydrogen (secondary N) is 2.